The van der Waals surface area contributed by atoms with Gasteiger partial charge in [0.05, 0.1) is 8.07 Å². The average Bonchev–Trinajstić information content (AvgIpc) is 2.48. The first kappa shape index (κ1) is 13.0. The van der Waals surface area contributed by atoms with Crippen molar-refractivity contribution in [1.82, 2.24) is 0 Å². The molecule has 0 spiro atoms. The van der Waals surface area contributed by atoms with Gasteiger partial charge in [0.2, 0.25) is 0 Å². The van der Waals surface area contributed by atoms with Gasteiger partial charge in [0.25, 0.3) is 0 Å². The summed E-state index contributed by atoms with van der Waals surface area (Å²) in [6.07, 6.45) is 13.6. The molecule has 0 fully saturated rings. The molecule has 0 nitrogen and oxygen atoms in total. The van der Waals surface area contributed by atoms with Crippen LogP contribution in [-0.2, 0) is 0 Å². The Morgan fingerprint density at radius 3 is 1.60 bits per heavy atom. The van der Waals surface area contributed by atoms with E-state index in [-0.39, 0.29) is 0 Å². The summed E-state index contributed by atoms with van der Waals surface area (Å²) in [6, 6.07) is 0. The van der Waals surface area contributed by atoms with E-state index in [9.17, 15) is 0 Å². The monoisotopic (exact) mass is 224 g/mol. The molecule has 0 bridgehead atoms. The third-order valence-corrected chi connectivity index (χ3v) is 9.01. The highest BCUT2D eigenvalue weighted by atomic mass is 28.3. The molecule has 0 aliphatic carbocycles. The van der Waals surface area contributed by atoms with Crippen LogP contribution in [0.4, 0.5) is 0 Å². The summed E-state index contributed by atoms with van der Waals surface area (Å²) in [5.41, 5.74) is 1.94. The molecule has 15 heavy (non-hydrogen) atoms. The molecule has 0 N–H and O–H groups in total. The van der Waals surface area contributed by atoms with E-state index in [1.54, 1.807) is 0 Å². The highest BCUT2D eigenvalue weighted by Crippen LogP contribution is 2.46. The maximum Gasteiger partial charge on any atom is 0.0611 e. The predicted molar refractivity (Wildman–Crippen MR) is 73.2 cm³/mol. The zero-order valence-corrected chi connectivity index (χ0v) is 12.1. The van der Waals surface area contributed by atoms with Crippen molar-refractivity contribution in [2.24, 2.45) is 0 Å². The number of hydrogen-bond donors (Lipinski definition) is 0. The maximum absolute atomic E-state index is 2.60. The Labute approximate surface area is 97.2 Å². The molecule has 0 saturated heterocycles. The third-order valence-electron chi connectivity index (χ3n) is 4.22. The molecule has 1 rings (SSSR count). The first-order valence-corrected chi connectivity index (χ1v) is 9.96. The van der Waals surface area contributed by atoms with Crippen LogP contribution in [0.3, 0.4) is 0 Å². The van der Waals surface area contributed by atoms with Crippen LogP contribution in [0.15, 0.2) is 12.2 Å². The highest BCUT2D eigenvalue weighted by molar-refractivity contribution is 6.81. The molecule has 0 radical (unpaired) electrons. The van der Waals surface area contributed by atoms with E-state index in [1.807, 2.05) is 0 Å². The number of unbranched alkanes of at least 4 members (excludes halogenated alkanes) is 2. The summed E-state index contributed by atoms with van der Waals surface area (Å²) in [5, 5.41) is 0. The van der Waals surface area contributed by atoms with Gasteiger partial charge in [-0.05, 0) is 23.9 Å². The molecule has 0 amide bonds. The summed E-state index contributed by atoms with van der Waals surface area (Å²) in [6.45, 7) is 9.82. The maximum atomic E-state index is 2.60. The predicted octanol–water partition coefficient (Wildman–Crippen LogP) is 5.39. The summed E-state index contributed by atoms with van der Waals surface area (Å²) in [4.78, 5) is 0. The van der Waals surface area contributed by atoms with Gasteiger partial charge in [-0.25, -0.2) is 0 Å². The van der Waals surface area contributed by atoms with Crippen molar-refractivity contribution in [3.63, 3.8) is 0 Å². The zero-order valence-electron chi connectivity index (χ0n) is 11.1. The molecule has 88 valence electrons. The number of rotatable bonds is 6. The van der Waals surface area contributed by atoms with Gasteiger partial charge in [0, 0.05) is 0 Å². The van der Waals surface area contributed by atoms with Gasteiger partial charge >= 0.3 is 0 Å². The van der Waals surface area contributed by atoms with E-state index in [0.717, 1.165) is 11.1 Å². The second kappa shape index (κ2) is 5.88. The standard InChI is InChI=1S/C14H28Si/c1-5-7-9-13-11-12-14(10-8-6-2)15(13,3)4/h11-14H,5-10H2,1-4H3/t13-,14+. The lowest BCUT2D eigenvalue weighted by Gasteiger charge is -2.31. The van der Waals surface area contributed by atoms with Gasteiger partial charge in [-0.2, -0.15) is 0 Å². The Hall–Kier alpha value is -0.0431. The van der Waals surface area contributed by atoms with Gasteiger partial charge in [-0.3, -0.25) is 0 Å². The highest BCUT2D eigenvalue weighted by Gasteiger charge is 2.39. The van der Waals surface area contributed by atoms with E-state index in [0.29, 0.717) is 0 Å². The molecule has 2 atom stereocenters. The first-order valence-electron chi connectivity index (χ1n) is 6.81. The first-order chi connectivity index (χ1) is 7.12. The smallest absolute Gasteiger partial charge is 0.0611 e. The van der Waals surface area contributed by atoms with Crippen LogP contribution in [0, 0.1) is 0 Å². The molecule has 0 aromatic heterocycles. The van der Waals surface area contributed by atoms with Gasteiger partial charge in [0.1, 0.15) is 0 Å². The topological polar surface area (TPSA) is 0 Å². The SMILES string of the molecule is CCCC[C@H]1C=C[C@@H](CCCC)[Si]1(C)C. The van der Waals surface area contributed by atoms with Crippen LogP contribution in [0.1, 0.15) is 52.4 Å². The molecular weight excluding hydrogens is 196 g/mol. The third kappa shape index (κ3) is 3.20. The van der Waals surface area contributed by atoms with Crippen molar-refractivity contribution < 1.29 is 0 Å². The number of hydrogen-bond acceptors (Lipinski definition) is 0. The Balaban J connectivity index is 2.47. The Morgan fingerprint density at radius 1 is 0.867 bits per heavy atom. The summed E-state index contributed by atoms with van der Waals surface area (Å²) >= 11 is 0. The fourth-order valence-electron chi connectivity index (χ4n) is 2.82. The Bertz CT molecular complexity index is 185. The van der Waals surface area contributed by atoms with Crippen LogP contribution in [0.25, 0.3) is 0 Å². The lowest BCUT2D eigenvalue weighted by molar-refractivity contribution is 0.696. The Morgan fingerprint density at radius 2 is 1.27 bits per heavy atom. The van der Waals surface area contributed by atoms with E-state index in [1.165, 1.54) is 38.5 Å². The van der Waals surface area contributed by atoms with Gasteiger partial charge < -0.3 is 0 Å². The van der Waals surface area contributed by atoms with Gasteiger partial charge in [-0.1, -0.05) is 64.8 Å². The average molecular weight is 224 g/mol. The van der Waals surface area contributed by atoms with Crippen molar-refractivity contribution >= 4 is 8.07 Å². The molecule has 0 saturated carbocycles. The van der Waals surface area contributed by atoms with E-state index in [4.69, 9.17) is 0 Å². The van der Waals surface area contributed by atoms with Crippen molar-refractivity contribution in [3.8, 4) is 0 Å². The van der Waals surface area contributed by atoms with Crippen molar-refractivity contribution in [1.29, 1.82) is 0 Å². The minimum absolute atomic E-state index is 0.972. The lowest BCUT2D eigenvalue weighted by atomic mass is 10.1. The van der Waals surface area contributed by atoms with Crippen molar-refractivity contribution in [2.45, 2.75) is 76.5 Å². The second-order valence-corrected chi connectivity index (χ2v) is 10.8. The molecule has 1 heteroatoms. The minimum Gasteiger partial charge on any atom is -0.0881 e. The van der Waals surface area contributed by atoms with Crippen LogP contribution in [-0.4, -0.2) is 8.07 Å². The molecule has 0 aromatic carbocycles. The Kier molecular flexibility index (Phi) is 5.11. The molecule has 0 aromatic rings. The summed E-state index contributed by atoms with van der Waals surface area (Å²) < 4.78 is 0. The van der Waals surface area contributed by atoms with Crippen LogP contribution < -0.4 is 0 Å². The zero-order chi connectivity index (χ0) is 11.3. The van der Waals surface area contributed by atoms with Gasteiger partial charge in [-0.15, -0.1) is 0 Å². The lowest BCUT2D eigenvalue weighted by Crippen LogP contribution is -2.33. The van der Waals surface area contributed by atoms with Crippen LogP contribution >= 0.6 is 0 Å². The van der Waals surface area contributed by atoms with Crippen LogP contribution in [0.2, 0.25) is 24.2 Å². The van der Waals surface area contributed by atoms with Gasteiger partial charge in [0.15, 0.2) is 0 Å². The molecule has 1 aliphatic heterocycles. The van der Waals surface area contributed by atoms with Crippen molar-refractivity contribution in [3.05, 3.63) is 12.2 Å². The summed E-state index contributed by atoms with van der Waals surface area (Å²) in [7, 11) is -0.985. The van der Waals surface area contributed by atoms with E-state index >= 15 is 0 Å². The summed E-state index contributed by atoms with van der Waals surface area (Å²) in [5.74, 6) is 0. The van der Waals surface area contributed by atoms with Crippen LogP contribution in [0.5, 0.6) is 0 Å². The molecule has 1 heterocycles. The molecular formula is C14H28Si. The normalized spacial score (nSPS) is 28.5. The largest absolute Gasteiger partial charge is 0.0881 e. The quantitative estimate of drug-likeness (QED) is 0.419. The molecule has 1 aliphatic rings. The van der Waals surface area contributed by atoms with Crippen molar-refractivity contribution in [2.75, 3.05) is 0 Å². The number of allylic oxidation sites excluding steroid dienone is 2. The molecule has 0 unspecified atom stereocenters. The minimum atomic E-state index is -0.985. The fraction of sp³-hybridized carbons (Fsp3) is 0.857. The second-order valence-electron chi connectivity index (χ2n) is 5.70. The van der Waals surface area contributed by atoms with E-state index in [2.05, 4.69) is 39.1 Å². The fourth-order valence-corrected chi connectivity index (χ4v) is 6.48. The van der Waals surface area contributed by atoms with E-state index < -0.39 is 8.07 Å².